The van der Waals surface area contributed by atoms with E-state index in [1.54, 1.807) is 7.11 Å². The van der Waals surface area contributed by atoms with E-state index in [0.29, 0.717) is 5.92 Å². The van der Waals surface area contributed by atoms with Gasteiger partial charge in [0, 0.05) is 11.3 Å². The summed E-state index contributed by atoms with van der Waals surface area (Å²) in [5.74, 6) is 0.337. The van der Waals surface area contributed by atoms with Gasteiger partial charge in [0.2, 0.25) is 0 Å². The molecular weight excluding hydrogens is 204 g/mol. The zero-order chi connectivity index (χ0) is 12.9. The lowest BCUT2D eigenvalue weighted by atomic mass is 9.88. The normalized spacial score (nSPS) is 11.1. The van der Waals surface area contributed by atoms with Crippen LogP contribution in [-0.4, -0.2) is 12.3 Å². The minimum absolute atomic E-state index is 0.0321. The third kappa shape index (κ3) is 3.22. The van der Waals surface area contributed by atoms with Crippen LogP contribution in [0.4, 0.5) is 0 Å². The maximum Gasteiger partial charge on any atom is 0.254 e. The summed E-state index contributed by atoms with van der Waals surface area (Å²) in [4.78, 5) is 6.47. The summed E-state index contributed by atoms with van der Waals surface area (Å²) in [5, 5.41) is 4.02. The maximum absolute atomic E-state index is 5.09. The molecule has 0 atom stereocenters. The van der Waals surface area contributed by atoms with Crippen LogP contribution in [0.3, 0.4) is 0 Å². The molecule has 94 valence electrons. The van der Waals surface area contributed by atoms with Gasteiger partial charge in [0.05, 0.1) is 0 Å². The fourth-order valence-corrected chi connectivity index (χ4v) is 1.42. The second-order valence-corrected chi connectivity index (χ2v) is 4.75. The number of hydrogen-bond donors (Lipinski definition) is 0. The second kappa shape index (κ2) is 5.87. The summed E-state index contributed by atoms with van der Waals surface area (Å²) in [7, 11) is 1.57. The number of nitrogens with zero attached hydrogens (tertiary/aromatic N) is 2. The Balaban J connectivity index is 0.00000106. The average molecular weight is 229 g/mol. The van der Waals surface area contributed by atoms with Crippen molar-refractivity contribution < 1.29 is 14.4 Å². The van der Waals surface area contributed by atoms with Crippen molar-refractivity contribution in [1.29, 1.82) is 0 Å². The van der Waals surface area contributed by atoms with Gasteiger partial charge < -0.3 is 4.84 Å². The lowest BCUT2D eigenvalue weighted by Crippen LogP contribution is -2.46. The molecule has 0 bridgehead atoms. The van der Waals surface area contributed by atoms with Crippen LogP contribution in [0.2, 0.25) is 0 Å². The monoisotopic (exact) mass is 229 g/mol. The van der Waals surface area contributed by atoms with E-state index in [0.717, 1.165) is 11.4 Å². The molecule has 0 aliphatic heterocycles. The Hall–Kier alpha value is -1.06. The van der Waals surface area contributed by atoms with Gasteiger partial charge in [0.15, 0.2) is 5.16 Å². The largest absolute Gasteiger partial charge is 0.305 e. The molecule has 0 N–H and O–H groups in total. The minimum Gasteiger partial charge on any atom is -0.305 e. The molecule has 1 aromatic heterocycles. The van der Waals surface area contributed by atoms with Gasteiger partial charge in [0.1, 0.15) is 12.0 Å². The van der Waals surface area contributed by atoms with E-state index in [1.165, 1.54) is 4.90 Å². The van der Waals surface area contributed by atoms with Gasteiger partial charge in [-0.1, -0.05) is 48.5 Å². The first-order chi connectivity index (χ1) is 7.38. The zero-order valence-electron chi connectivity index (χ0n) is 11.8. The van der Waals surface area contributed by atoms with Gasteiger partial charge in [-0.3, -0.25) is 0 Å². The van der Waals surface area contributed by atoms with E-state index in [1.807, 2.05) is 13.8 Å². The van der Waals surface area contributed by atoms with E-state index < -0.39 is 0 Å². The molecule has 0 amide bonds. The van der Waals surface area contributed by atoms with Crippen molar-refractivity contribution >= 4 is 0 Å². The van der Waals surface area contributed by atoms with Crippen molar-refractivity contribution in [3.05, 3.63) is 11.4 Å². The van der Waals surface area contributed by atoms with Crippen LogP contribution in [0.25, 0.3) is 0 Å². The highest BCUT2D eigenvalue weighted by molar-refractivity contribution is 5.15. The van der Waals surface area contributed by atoms with Crippen molar-refractivity contribution in [3.8, 4) is 0 Å². The highest BCUT2D eigenvalue weighted by atomic mass is 16.8. The Bertz CT molecular complexity index is 311. The molecule has 0 aromatic carbocycles. The quantitative estimate of drug-likeness (QED) is 0.782. The van der Waals surface area contributed by atoms with Crippen LogP contribution in [0, 0.1) is 0 Å². The van der Waals surface area contributed by atoms with Gasteiger partial charge >= 0.3 is 0 Å². The van der Waals surface area contributed by atoms with Crippen molar-refractivity contribution in [2.24, 2.45) is 0 Å². The highest BCUT2D eigenvalue weighted by Gasteiger charge is 2.37. The summed E-state index contributed by atoms with van der Waals surface area (Å²) in [6, 6.07) is 0. The molecule has 0 unspecified atom stereocenters. The molecule has 4 nitrogen and oxygen atoms in total. The second-order valence-electron chi connectivity index (χ2n) is 4.75. The Kier molecular flexibility index (Phi) is 5.48. The summed E-state index contributed by atoms with van der Waals surface area (Å²) in [6.45, 7) is 14.5. The van der Waals surface area contributed by atoms with E-state index >= 15 is 0 Å². The van der Waals surface area contributed by atoms with Crippen LogP contribution in [-0.2, 0) is 5.41 Å². The number of hydrogen-bond acceptors (Lipinski definition) is 3. The molecule has 0 aliphatic rings. The van der Waals surface area contributed by atoms with E-state index in [9.17, 15) is 0 Å². The molecule has 0 spiro atoms. The maximum atomic E-state index is 5.09. The Morgan fingerprint density at radius 2 is 1.75 bits per heavy atom. The molecule has 1 rings (SSSR count). The summed E-state index contributed by atoms with van der Waals surface area (Å²) in [6.07, 6.45) is 0. The predicted octanol–water partition coefficient (Wildman–Crippen LogP) is 2.47. The molecule has 1 heterocycles. The standard InChI is InChI=1S/C10H19N2O2.C2H6/c1-7(2)8-9(10(3,4)5)12(13-6)14-11-8;1-2/h7H,1-6H3;1-2H3/q+1;. The predicted molar refractivity (Wildman–Crippen MR) is 63.3 cm³/mol. The topological polar surface area (TPSA) is 39.1 Å². The molecule has 0 saturated heterocycles. The molecule has 0 radical (unpaired) electrons. The first-order valence-electron chi connectivity index (χ1n) is 5.85. The third-order valence-electron chi connectivity index (χ3n) is 2.06. The van der Waals surface area contributed by atoms with Gasteiger partial charge in [-0.2, -0.15) is 0 Å². The Labute approximate surface area is 98.5 Å². The first-order valence-corrected chi connectivity index (χ1v) is 5.85. The van der Waals surface area contributed by atoms with Crippen molar-refractivity contribution in [2.45, 2.75) is 59.8 Å². The molecule has 16 heavy (non-hydrogen) atoms. The van der Waals surface area contributed by atoms with Crippen molar-refractivity contribution in [2.75, 3.05) is 7.11 Å². The van der Waals surface area contributed by atoms with E-state index in [2.05, 4.69) is 39.8 Å². The smallest absolute Gasteiger partial charge is 0.254 e. The lowest BCUT2D eigenvalue weighted by molar-refractivity contribution is -1.03. The van der Waals surface area contributed by atoms with E-state index in [-0.39, 0.29) is 5.41 Å². The molecular formula is C12H25N2O2+. The van der Waals surface area contributed by atoms with Crippen LogP contribution in [0.1, 0.15) is 65.8 Å². The van der Waals surface area contributed by atoms with Gasteiger partial charge in [-0.05, 0) is 4.63 Å². The number of rotatable bonds is 2. The molecule has 4 heteroatoms. The molecule has 0 fully saturated rings. The average Bonchev–Trinajstić information content (AvgIpc) is 2.63. The molecule has 0 saturated carbocycles. The Morgan fingerprint density at radius 1 is 1.25 bits per heavy atom. The Morgan fingerprint density at radius 3 is 2.06 bits per heavy atom. The van der Waals surface area contributed by atoms with Crippen LogP contribution < -0.4 is 9.74 Å². The fourth-order valence-electron chi connectivity index (χ4n) is 1.42. The van der Waals surface area contributed by atoms with Crippen LogP contribution >= 0.6 is 0 Å². The van der Waals surface area contributed by atoms with Crippen molar-refractivity contribution in [3.63, 3.8) is 0 Å². The number of aromatic nitrogens is 2. The SMILES string of the molecule is CC.CO[n+]1onc(C(C)C)c1C(C)(C)C. The first kappa shape index (κ1) is 14.9. The van der Waals surface area contributed by atoms with Gasteiger partial charge in [-0.25, -0.2) is 0 Å². The third-order valence-corrected chi connectivity index (χ3v) is 2.06. The zero-order valence-corrected chi connectivity index (χ0v) is 11.8. The summed E-state index contributed by atoms with van der Waals surface area (Å²) < 4.78 is 5.08. The van der Waals surface area contributed by atoms with Gasteiger partial charge in [-0.15, -0.1) is 0 Å². The summed E-state index contributed by atoms with van der Waals surface area (Å²) in [5.41, 5.74) is 1.92. The molecule has 0 aliphatic carbocycles. The van der Waals surface area contributed by atoms with Gasteiger partial charge in [0.25, 0.3) is 11.4 Å². The molecule has 1 aromatic rings. The minimum atomic E-state index is -0.0321. The highest BCUT2D eigenvalue weighted by Crippen LogP contribution is 2.25. The fraction of sp³-hybridized carbons (Fsp3) is 0.833. The lowest BCUT2D eigenvalue weighted by Gasteiger charge is -2.13. The van der Waals surface area contributed by atoms with Crippen LogP contribution in [0.15, 0.2) is 4.63 Å². The van der Waals surface area contributed by atoms with E-state index in [4.69, 9.17) is 9.47 Å². The van der Waals surface area contributed by atoms with Crippen molar-refractivity contribution in [1.82, 2.24) is 5.16 Å². The van der Waals surface area contributed by atoms with Crippen LogP contribution in [0.5, 0.6) is 0 Å². The summed E-state index contributed by atoms with van der Waals surface area (Å²) >= 11 is 0.